The number of Topliss-reactive ketones (excluding diaryl/α,β-unsaturated/α-hetero) is 1. The number of nitrogens with zero attached hydrogens (tertiary/aromatic N) is 2. The molecule has 4 heteroatoms. The van der Waals surface area contributed by atoms with E-state index in [2.05, 4.69) is 18.9 Å². The van der Waals surface area contributed by atoms with E-state index in [-0.39, 0.29) is 17.1 Å². The normalized spacial score (nSPS) is 17.7. The molecule has 0 aromatic carbocycles. The van der Waals surface area contributed by atoms with Crippen LogP contribution in [0.2, 0.25) is 0 Å². The van der Waals surface area contributed by atoms with Crippen molar-refractivity contribution in [2.45, 2.75) is 53.4 Å². The molecule has 0 fully saturated rings. The summed E-state index contributed by atoms with van der Waals surface area (Å²) in [7, 11) is 0. The van der Waals surface area contributed by atoms with Crippen LogP contribution in [0.4, 0.5) is 0 Å². The first-order valence-electron chi connectivity index (χ1n) is 6.50. The van der Waals surface area contributed by atoms with Crippen molar-refractivity contribution >= 4 is 11.7 Å². The lowest BCUT2D eigenvalue weighted by molar-refractivity contribution is 0.0871. The Kier molecular flexibility index (Phi) is 3.13. The molecular formula is C14H20N2O2. The highest BCUT2D eigenvalue weighted by molar-refractivity contribution is 6.00. The van der Waals surface area contributed by atoms with Crippen LogP contribution in [0, 0.1) is 12.3 Å². The van der Waals surface area contributed by atoms with Crippen molar-refractivity contribution in [3.63, 3.8) is 0 Å². The molecule has 0 unspecified atom stereocenters. The average Bonchev–Trinajstić information content (AvgIpc) is 2.54. The molecule has 0 bridgehead atoms. The number of hydrogen-bond acceptors (Lipinski definition) is 3. The molecule has 98 valence electrons. The zero-order chi connectivity index (χ0) is 13.5. The second-order valence-electron chi connectivity index (χ2n) is 5.90. The Labute approximate surface area is 107 Å². The summed E-state index contributed by atoms with van der Waals surface area (Å²) in [6.45, 7) is 7.90. The van der Waals surface area contributed by atoms with Crippen LogP contribution in [0.3, 0.4) is 0 Å². The minimum absolute atomic E-state index is 0.00708. The highest BCUT2D eigenvalue weighted by Gasteiger charge is 2.36. The van der Waals surface area contributed by atoms with Crippen LogP contribution in [0.25, 0.3) is 0 Å². The first-order valence-corrected chi connectivity index (χ1v) is 6.50. The SMILES string of the molecule is CCCC(=O)n1nc(C)c2c1CC(C)(C)CC2=O. The lowest BCUT2D eigenvalue weighted by Gasteiger charge is -2.28. The van der Waals surface area contributed by atoms with E-state index in [9.17, 15) is 9.59 Å². The Bertz CT molecular complexity index is 512. The molecule has 0 atom stereocenters. The van der Waals surface area contributed by atoms with Gasteiger partial charge in [-0.1, -0.05) is 20.8 Å². The summed E-state index contributed by atoms with van der Waals surface area (Å²) in [6.07, 6.45) is 2.55. The predicted molar refractivity (Wildman–Crippen MR) is 68.9 cm³/mol. The minimum Gasteiger partial charge on any atom is -0.294 e. The second-order valence-corrected chi connectivity index (χ2v) is 5.90. The lowest BCUT2D eigenvalue weighted by atomic mass is 9.75. The zero-order valence-electron chi connectivity index (χ0n) is 11.5. The molecule has 18 heavy (non-hydrogen) atoms. The quantitative estimate of drug-likeness (QED) is 0.808. The Hall–Kier alpha value is -1.45. The molecule has 1 aliphatic rings. The number of carbonyl (C=O) groups is 2. The molecule has 0 aliphatic heterocycles. The zero-order valence-corrected chi connectivity index (χ0v) is 11.5. The molecule has 0 amide bonds. The maximum atomic E-state index is 12.2. The van der Waals surface area contributed by atoms with E-state index in [1.54, 1.807) is 0 Å². The van der Waals surface area contributed by atoms with Crippen LogP contribution >= 0.6 is 0 Å². The Balaban J connectivity index is 2.50. The van der Waals surface area contributed by atoms with Gasteiger partial charge in [-0.15, -0.1) is 0 Å². The highest BCUT2D eigenvalue weighted by atomic mass is 16.2. The third-order valence-electron chi connectivity index (χ3n) is 3.42. The number of hydrogen-bond donors (Lipinski definition) is 0. The molecule has 1 heterocycles. The van der Waals surface area contributed by atoms with Gasteiger partial charge in [-0.05, 0) is 25.2 Å². The lowest BCUT2D eigenvalue weighted by Crippen LogP contribution is -2.29. The van der Waals surface area contributed by atoms with Crippen LogP contribution < -0.4 is 0 Å². The van der Waals surface area contributed by atoms with Gasteiger partial charge in [-0.2, -0.15) is 5.10 Å². The summed E-state index contributed by atoms with van der Waals surface area (Å²) in [4.78, 5) is 24.2. The molecule has 0 saturated carbocycles. The fourth-order valence-electron chi connectivity index (χ4n) is 2.67. The number of carbonyl (C=O) groups excluding carboxylic acids is 2. The van der Waals surface area contributed by atoms with Crippen molar-refractivity contribution in [3.8, 4) is 0 Å². The molecule has 1 aromatic heterocycles. The van der Waals surface area contributed by atoms with E-state index in [4.69, 9.17) is 0 Å². The van der Waals surface area contributed by atoms with E-state index in [1.165, 1.54) is 4.68 Å². The van der Waals surface area contributed by atoms with Crippen molar-refractivity contribution in [1.82, 2.24) is 9.78 Å². The molecule has 0 spiro atoms. The molecule has 2 rings (SSSR count). The van der Waals surface area contributed by atoms with Crippen LogP contribution in [-0.2, 0) is 6.42 Å². The monoisotopic (exact) mass is 248 g/mol. The largest absolute Gasteiger partial charge is 0.294 e. The molecule has 0 N–H and O–H groups in total. The first-order chi connectivity index (χ1) is 8.35. The number of aromatic nitrogens is 2. The fraction of sp³-hybridized carbons (Fsp3) is 0.643. The van der Waals surface area contributed by atoms with E-state index < -0.39 is 0 Å². The van der Waals surface area contributed by atoms with E-state index in [1.807, 2.05) is 13.8 Å². The van der Waals surface area contributed by atoms with Crippen molar-refractivity contribution in [1.29, 1.82) is 0 Å². The minimum atomic E-state index is -0.0825. The molecule has 0 saturated heterocycles. The number of rotatable bonds is 2. The van der Waals surface area contributed by atoms with Gasteiger partial charge in [-0.3, -0.25) is 9.59 Å². The molecule has 0 radical (unpaired) electrons. The summed E-state index contributed by atoms with van der Waals surface area (Å²) in [6, 6.07) is 0. The van der Waals surface area contributed by atoms with Gasteiger partial charge >= 0.3 is 0 Å². The van der Waals surface area contributed by atoms with Gasteiger partial charge in [0.05, 0.1) is 17.0 Å². The smallest absolute Gasteiger partial charge is 0.247 e. The van der Waals surface area contributed by atoms with Gasteiger partial charge in [0.2, 0.25) is 5.91 Å². The summed E-state index contributed by atoms with van der Waals surface area (Å²) >= 11 is 0. The fourth-order valence-corrected chi connectivity index (χ4v) is 2.67. The molecule has 1 aliphatic carbocycles. The predicted octanol–water partition coefficient (Wildman–Crippen LogP) is 2.79. The van der Waals surface area contributed by atoms with Gasteiger partial charge < -0.3 is 0 Å². The van der Waals surface area contributed by atoms with Crippen LogP contribution in [0.5, 0.6) is 0 Å². The Morgan fingerprint density at radius 3 is 2.67 bits per heavy atom. The molecule has 1 aromatic rings. The summed E-state index contributed by atoms with van der Waals surface area (Å²) in [5.74, 6) is 0.113. The summed E-state index contributed by atoms with van der Waals surface area (Å²) in [5, 5.41) is 4.27. The first kappa shape index (κ1) is 13.0. The highest BCUT2D eigenvalue weighted by Crippen LogP contribution is 2.35. The van der Waals surface area contributed by atoms with Crippen molar-refractivity contribution in [2.24, 2.45) is 5.41 Å². The summed E-state index contributed by atoms with van der Waals surface area (Å²) < 4.78 is 1.47. The van der Waals surface area contributed by atoms with Crippen LogP contribution in [0.1, 0.15) is 66.6 Å². The third-order valence-corrected chi connectivity index (χ3v) is 3.42. The van der Waals surface area contributed by atoms with Gasteiger partial charge in [-0.25, -0.2) is 4.68 Å². The molecule has 4 nitrogen and oxygen atoms in total. The van der Waals surface area contributed by atoms with Gasteiger partial charge in [0.25, 0.3) is 0 Å². The number of aryl methyl sites for hydroxylation is 1. The summed E-state index contributed by atoms with van der Waals surface area (Å²) in [5.41, 5.74) is 2.10. The standard InChI is InChI=1S/C14H20N2O2/c1-5-6-12(18)16-10-7-14(3,4)8-11(17)13(10)9(2)15-16/h5-8H2,1-4H3. The maximum Gasteiger partial charge on any atom is 0.247 e. The van der Waals surface area contributed by atoms with Crippen LogP contribution in [-0.4, -0.2) is 21.5 Å². The van der Waals surface area contributed by atoms with Crippen molar-refractivity contribution < 1.29 is 9.59 Å². The topological polar surface area (TPSA) is 52.0 Å². The van der Waals surface area contributed by atoms with Gasteiger partial charge in [0.15, 0.2) is 5.78 Å². The van der Waals surface area contributed by atoms with E-state index in [0.29, 0.717) is 24.1 Å². The Morgan fingerprint density at radius 1 is 1.39 bits per heavy atom. The molecular weight excluding hydrogens is 228 g/mol. The second kappa shape index (κ2) is 4.34. The van der Waals surface area contributed by atoms with E-state index >= 15 is 0 Å². The average molecular weight is 248 g/mol. The Morgan fingerprint density at radius 2 is 2.06 bits per heavy atom. The van der Waals surface area contributed by atoms with Crippen molar-refractivity contribution in [3.05, 3.63) is 17.0 Å². The van der Waals surface area contributed by atoms with Gasteiger partial charge in [0, 0.05) is 12.8 Å². The number of ketones is 1. The van der Waals surface area contributed by atoms with E-state index in [0.717, 1.165) is 18.5 Å². The van der Waals surface area contributed by atoms with Gasteiger partial charge in [0.1, 0.15) is 0 Å². The van der Waals surface area contributed by atoms with Crippen LogP contribution in [0.15, 0.2) is 0 Å². The van der Waals surface area contributed by atoms with Crippen molar-refractivity contribution in [2.75, 3.05) is 0 Å². The third kappa shape index (κ3) is 2.11. The number of fused-ring (bicyclic) bond motifs is 1. The maximum absolute atomic E-state index is 12.2.